The van der Waals surface area contributed by atoms with Crippen LogP contribution in [0.25, 0.3) is 0 Å². The minimum absolute atomic E-state index is 0.261. The first kappa shape index (κ1) is 19.0. The van der Waals surface area contributed by atoms with Crippen molar-refractivity contribution in [1.29, 1.82) is 0 Å². The molecule has 1 N–H and O–H groups in total. The third-order valence-corrected chi connectivity index (χ3v) is 5.95. The number of anilines is 1. The molecule has 0 radical (unpaired) electrons. The standard InChI is InChI=1S/C17H17BrN4O2S2/c1-22(8-11-7-14(18)25-10-11)9-15-20-21-17(26-15)16(23)19-12-3-5-13(24-2)6-4-12/h3-7,10H,8-9H2,1-2H3,(H,19,23). The van der Waals surface area contributed by atoms with Gasteiger partial charge < -0.3 is 10.1 Å². The number of carbonyl (C=O) groups is 1. The van der Waals surface area contributed by atoms with Gasteiger partial charge >= 0.3 is 0 Å². The summed E-state index contributed by atoms with van der Waals surface area (Å²) in [5, 5.41) is 14.2. The van der Waals surface area contributed by atoms with Gasteiger partial charge in [-0.15, -0.1) is 21.5 Å². The van der Waals surface area contributed by atoms with E-state index < -0.39 is 0 Å². The molecular formula is C17H17BrN4O2S2. The Hall–Kier alpha value is -1.81. The van der Waals surface area contributed by atoms with Gasteiger partial charge in [-0.25, -0.2) is 0 Å². The molecule has 3 rings (SSSR count). The highest BCUT2D eigenvalue weighted by molar-refractivity contribution is 9.11. The molecule has 0 aliphatic rings. The molecule has 0 saturated heterocycles. The van der Waals surface area contributed by atoms with Crippen molar-refractivity contribution in [3.05, 3.63) is 55.1 Å². The van der Waals surface area contributed by atoms with E-state index in [2.05, 4.69) is 47.8 Å². The molecule has 2 heterocycles. The smallest absolute Gasteiger partial charge is 0.286 e. The Morgan fingerprint density at radius 3 is 2.69 bits per heavy atom. The molecule has 0 saturated carbocycles. The zero-order chi connectivity index (χ0) is 18.5. The van der Waals surface area contributed by atoms with Crippen molar-refractivity contribution in [2.24, 2.45) is 0 Å². The molecule has 2 aromatic heterocycles. The minimum atomic E-state index is -0.261. The number of nitrogens with one attached hydrogen (secondary N) is 1. The average Bonchev–Trinajstić information content (AvgIpc) is 3.24. The van der Waals surface area contributed by atoms with Crippen molar-refractivity contribution in [3.8, 4) is 5.75 Å². The van der Waals surface area contributed by atoms with Crippen LogP contribution in [-0.4, -0.2) is 35.2 Å². The van der Waals surface area contributed by atoms with Crippen LogP contribution in [0.3, 0.4) is 0 Å². The molecule has 26 heavy (non-hydrogen) atoms. The number of carbonyl (C=O) groups excluding carboxylic acids is 1. The molecule has 1 amide bonds. The summed E-state index contributed by atoms with van der Waals surface area (Å²) in [5.74, 6) is 0.477. The van der Waals surface area contributed by atoms with Crippen molar-refractivity contribution in [2.75, 3.05) is 19.5 Å². The first-order chi connectivity index (χ1) is 12.5. The van der Waals surface area contributed by atoms with Crippen LogP contribution < -0.4 is 10.1 Å². The quantitative estimate of drug-likeness (QED) is 0.579. The molecule has 3 aromatic rings. The first-order valence-electron chi connectivity index (χ1n) is 7.72. The van der Waals surface area contributed by atoms with Crippen molar-refractivity contribution in [2.45, 2.75) is 13.1 Å². The van der Waals surface area contributed by atoms with Gasteiger partial charge in [0.05, 0.1) is 17.4 Å². The molecule has 136 valence electrons. The maximum Gasteiger partial charge on any atom is 0.286 e. The molecule has 0 aliphatic heterocycles. The number of benzene rings is 1. The van der Waals surface area contributed by atoms with E-state index in [1.54, 1.807) is 42.7 Å². The van der Waals surface area contributed by atoms with Crippen LogP contribution in [0.5, 0.6) is 5.75 Å². The van der Waals surface area contributed by atoms with Gasteiger partial charge in [0.1, 0.15) is 10.8 Å². The van der Waals surface area contributed by atoms with E-state index in [1.165, 1.54) is 16.9 Å². The van der Waals surface area contributed by atoms with Crippen LogP contribution in [0.1, 0.15) is 20.4 Å². The molecule has 0 bridgehead atoms. The summed E-state index contributed by atoms with van der Waals surface area (Å²) < 4.78 is 6.22. The van der Waals surface area contributed by atoms with Gasteiger partial charge in [-0.05, 0) is 64.3 Å². The second kappa shape index (κ2) is 8.72. The predicted octanol–water partition coefficient (Wildman–Crippen LogP) is 4.26. The molecule has 0 aliphatic carbocycles. The number of amides is 1. The Kier molecular flexibility index (Phi) is 6.36. The summed E-state index contributed by atoms with van der Waals surface area (Å²) in [6.07, 6.45) is 0. The van der Waals surface area contributed by atoms with Gasteiger partial charge in [-0.2, -0.15) is 0 Å². The van der Waals surface area contributed by atoms with E-state index in [0.717, 1.165) is 21.1 Å². The Labute approximate surface area is 168 Å². The van der Waals surface area contributed by atoms with Gasteiger partial charge in [0, 0.05) is 12.2 Å². The van der Waals surface area contributed by atoms with E-state index in [0.29, 0.717) is 17.2 Å². The monoisotopic (exact) mass is 452 g/mol. The fraction of sp³-hybridized carbons (Fsp3) is 0.235. The van der Waals surface area contributed by atoms with E-state index >= 15 is 0 Å². The lowest BCUT2D eigenvalue weighted by molar-refractivity contribution is 0.102. The molecule has 6 nitrogen and oxygen atoms in total. The minimum Gasteiger partial charge on any atom is -0.497 e. The number of halogens is 1. The zero-order valence-electron chi connectivity index (χ0n) is 14.2. The maximum absolute atomic E-state index is 12.3. The number of rotatable bonds is 7. The first-order valence-corrected chi connectivity index (χ1v) is 10.2. The molecule has 0 spiro atoms. The van der Waals surface area contributed by atoms with Crippen molar-refractivity contribution in [1.82, 2.24) is 15.1 Å². The fourth-order valence-electron chi connectivity index (χ4n) is 2.30. The highest BCUT2D eigenvalue weighted by Gasteiger charge is 2.14. The molecule has 1 aromatic carbocycles. The number of hydrogen-bond donors (Lipinski definition) is 1. The predicted molar refractivity (Wildman–Crippen MR) is 108 cm³/mol. The second-order valence-corrected chi connectivity index (χ2v) is 8.97. The van der Waals surface area contributed by atoms with Crippen molar-refractivity contribution >= 4 is 50.2 Å². The molecular weight excluding hydrogens is 436 g/mol. The van der Waals surface area contributed by atoms with E-state index in [1.807, 2.05) is 7.05 Å². The maximum atomic E-state index is 12.3. The lowest BCUT2D eigenvalue weighted by Gasteiger charge is -2.13. The van der Waals surface area contributed by atoms with Gasteiger partial charge in [0.25, 0.3) is 5.91 Å². The second-order valence-electron chi connectivity index (χ2n) is 5.61. The molecule has 0 unspecified atom stereocenters. The van der Waals surface area contributed by atoms with E-state index in [9.17, 15) is 4.79 Å². The topological polar surface area (TPSA) is 67.3 Å². The number of thiophene rings is 1. The third-order valence-electron chi connectivity index (χ3n) is 3.49. The molecule has 0 fully saturated rings. The number of ether oxygens (including phenoxy) is 1. The Balaban J connectivity index is 1.56. The summed E-state index contributed by atoms with van der Waals surface area (Å²) in [5.41, 5.74) is 1.93. The lowest BCUT2D eigenvalue weighted by atomic mass is 10.3. The van der Waals surface area contributed by atoms with Crippen LogP contribution in [0.4, 0.5) is 5.69 Å². The average molecular weight is 453 g/mol. The highest BCUT2D eigenvalue weighted by atomic mass is 79.9. The number of nitrogens with zero attached hydrogens (tertiary/aromatic N) is 3. The van der Waals surface area contributed by atoms with E-state index in [-0.39, 0.29) is 5.91 Å². The SMILES string of the molecule is COc1ccc(NC(=O)c2nnc(CN(C)Cc3csc(Br)c3)s2)cc1. The van der Waals surface area contributed by atoms with Crippen molar-refractivity contribution < 1.29 is 9.53 Å². The Morgan fingerprint density at radius 1 is 1.27 bits per heavy atom. The summed E-state index contributed by atoms with van der Waals surface area (Å²) >= 11 is 6.44. The van der Waals surface area contributed by atoms with Crippen LogP contribution in [0.2, 0.25) is 0 Å². The normalized spacial score (nSPS) is 10.9. The van der Waals surface area contributed by atoms with Crippen molar-refractivity contribution in [3.63, 3.8) is 0 Å². The van der Waals surface area contributed by atoms with Crippen LogP contribution in [0.15, 0.2) is 39.5 Å². The number of hydrogen-bond acceptors (Lipinski definition) is 7. The van der Waals surface area contributed by atoms with Crippen LogP contribution >= 0.6 is 38.6 Å². The van der Waals surface area contributed by atoms with E-state index in [4.69, 9.17) is 4.74 Å². The fourth-order valence-corrected chi connectivity index (χ4v) is 4.31. The lowest BCUT2D eigenvalue weighted by Crippen LogP contribution is -2.16. The van der Waals surface area contributed by atoms with Crippen LogP contribution in [-0.2, 0) is 13.1 Å². The molecule has 9 heteroatoms. The number of aromatic nitrogens is 2. The van der Waals surface area contributed by atoms with Gasteiger partial charge in [0.15, 0.2) is 0 Å². The zero-order valence-corrected chi connectivity index (χ0v) is 17.4. The summed E-state index contributed by atoms with van der Waals surface area (Å²) in [4.78, 5) is 14.4. The Morgan fingerprint density at radius 2 is 2.04 bits per heavy atom. The summed E-state index contributed by atoms with van der Waals surface area (Å²) in [7, 11) is 3.62. The molecule has 0 atom stereocenters. The number of methoxy groups -OCH3 is 1. The van der Waals surface area contributed by atoms with Gasteiger partial charge in [-0.1, -0.05) is 11.3 Å². The Bertz CT molecular complexity index is 879. The van der Waals surface area contributed by atoms with Crippen LogP contribution in [0, 0.1) is 0 Å². The largest absolute Gasteiger partial charge is 0.497 e. The summed E-state index contributed by atoms with van der Waals surface area (Å²) in [6.45, 7) is 1.45. The van der Waals surface area contributed by atoms with Gasteiger partial charge in [0.2, 0.25) is 5.01 Å². The third kappa shape index (κ3) is 5.10. The van der Waals surface area contributed by atoms with Gasteiger partial charge in [-0.3, -0.25) is 9.69 Å². The summed E-state index contributed by atoms with van der Waals surface area (Å²) in [6, 6.07) is 9.25. The highest BCUT2D eigenvalue weighted by Crippen LogP contribution is 2.22.